The van der Waals surface area contributed by atoms with Gasteiger partial charge in [0.2, 0.25) is 0 Å². The molecule has 1 aliphatic rings. The molecule has 2 N–H and O–H groups in total. The molecular weight excluding hydrogens is 293 g/mol. The molecular formula is C10H10INO2. The minimum atomic E-state index is -0.933. The number of hydrogen-bond acceptors (Lipinski definition) is 1. The summed E-state index contributed by atoms with van der Waals surface area (Å²) in [7, 11) is 0. The minimum absolute atomic E-state index is 0.0562. The van der Waals surface area contributed by atoms with Crippen LogP contribution < -0.4 is 5.32 Å². The maximum atomic E-state index is 10.5. The molecule has 1 aromatic rings. The summed E-state index contributed by atoms with van der Waals surface area (Å²) in [6, 6.07) is 6.32. The first kappa shape index (κ1) is 9.76. The molecule has 0 saturated heterocycles. The lowest BCUT2D eigenvalue weighted by atomic mass is 10.1. The van der Waals surface area contributed by atoms with E-state index in [1.54, 1.807) is 0 Å². The van der Waals surface area contributed by atoms with Gasteiger partial charge in [0.05, 0.1) is 0 Å². The van der Waals surface area contributed by atoms with Crippen molar-refractivity contribution in [1.82, 2.24) is 5.32 Å². The Morgan fingerprint density at radius 1 is 1.43 bits per heavy atom. The van der Waals surface area contributed by atoms with Crippen molar-refractivity contribution >= 4 is 28.7 Å². The Kier molecular flexibility index (Phi) is 2.62. The van der Waals surface area contributed by atoms with E-state index in [-0.39, 0.29) is 6.04 Å². The predicted molar refractivity (Wildman–Crippen MR) is 61.5 cm³/mol. The number of amides is 1. The van der Waals surface area contributed by atoms with E-state index in [0.29, 0.717) is 0 Å². The van der Waals surface area contributed by atoms with Gasteiger partial charge >= 0.3 is 6.09 Å². The topological polar surface area (TPSA) is 49.3 Å². The molecule has 74 valence electrons. The Balaban J connectivity index is 2.14. The van der Waals surface area contributed by atoms with E-state index < -0.39 is 6.09 Å². The molecule has 0 spiro atoms. The van der Waals surface area contributed by atoms with Crippen molar-refractivity contribution in [3.05, 3.63) is 32.9 Å². The van der Waals surface area contributed by atoms with Crippen molar-refractivity contribution in [2.75, 3.05) is 0 Å². The molecule has 0 radical (unpaired) electrons. The van der Waals surface area contributed by atoms with E-state index in [2.05, 4.69) is 46.1 Å². The molecule has 0 heterocycles. The lowest BCUT2D eigenvalue weighted by Gasteiger charge is -2.07. The molecule has 4 heteroatoms. The summed E-state index contributed by atoms with van der Waals surface area (Å²) in [5.41, 5.74) is 2.54. The summed E-state index contributed by atoms with van der Waals surface area (Å²) in [5.74, 6) is 0. The van der Waals surface area contributed by atoms with E-state index in [4.69, 9.17) is 5.11 Å². The molecule has 0 bridgehead atoms. The van der Waals surface area contributed by atoms with Gasteiger partial charge in [0.25, 0.3) is 0 Å². The monoisotopic (exact) mass is 303 g/mol. The normalized spacial score (nSPS) is 19.1. The average Bonchev–Trinajstić information content (AvgIpc) is 2.44. The highest BCUT2D eigenvalue weighted by molar-refractivity contribution is 14.1. The third kappa shape index (κ3) is 2.00. The molecule has 1 aromatic carbocycles. The van der Waals surface area contributed by atoms with Crippen LogP contribution >= 0.6 is 22.6 Å². The van der Waals surface area contributed by atoms with Crippen LogP contribution in [0.2, 0.25) is 0 Å². The first-order chi connectivity index (χ1) is 6.65. The van der Waals surface area contributed by atoms with Crippen molar-refractivity contribution in [2.24, 2.45) is 0 Å². The van der Waals surface area contributed by atoms with Crippen LogP contribution in [0.5, 0.6) is 0 Å². The van der Waals surface area contributed by atoms with Crippen molar-refractivity contribution in [2.45, 2.75) is 18.9 Å². The second-order valence-electron chi connectivity index (χ2n) is 3.47. The lowest BCUT2D eigenvalue weighted by Crippen LogP contribution is -2.33. The van der Waals surface area contributed by atoms with Crippen LogP contribution in [0.4, 0.5) is 4.79 Å². The van der Waals surface area contributed by atoms with Crippen molar-refractivity contribution < 1.29 is 9.90 Å². The molecule has 2 rings (SSSR count). The van der Waals surface area contributed by atoms with Crippen LogP contribution in [0.1, 0.15) is 11.1 Å². The van der Waals surface area contributed by atoms with Gasteiger partial charge in [-0.2, -0.15) is 0 Å². The highest BCUT2D eigenvalue weighted by atomic mass is 127. The molecule has 0 aliphatic heterocycles. The van der Waals surface area contributed by atoms with Crippen molar-refractivity contribution in [1.29, 1.82) is 0 Å². The highest BCUT2D eigenvalue weighted by Crippen LogP contribution is 2.23. The van der Waals surface area contributed by atoms with Crippen LogP contribution in [-0.4, -0.2) is 17.2 Å². The van der Waals surface area contributed by atoms with Gasteiger partial charge in [-0.3, -0.25) is 0 Å². The quantitative estimate of drug-likeness (QED) is 0.780. The van der Waals surface area contributed by atoms with Crippen LogP contribution in [0, 0.1) is 3.57 Å². The van der Waals surface area contributed by atoms with E-state index in [1.807, 2.05) is 0 Å². The Labute approximate surface area is 95.7 Å². The fraction of sp³-hybridized carbons (Fsp3) is 0.300. The summed E-state index contributed by atoms with van der Waals surface area (Å²) in [4.78, 5) is 10.5. The van der Waals surface area contributed by atoms with Crippen LogP contribution in [-0.2, 0) is 12.8 Å². The number of nitrogens with one attached hydrogen (secondary N) is 1. The molecule has 0 saturated carbocycles. The standard InChI is InChI=1S/C10H10INO2/c11-8-2-1-6-4-9(12-10(13)14)5-7(6)3-8/h1-3,9,12H,4-5H2,(H,13,14). The van der Waals surface area contributed by atoms with E-state index in [1.165, 1.54) is 14.7 Å². The van der Waals surface area contributed by atoms with Gasteiger partial charge in [0.1, 0.15) is 0 Å². The number of carboxylic acid groups (broad SMARTS) is 1. The maximum absolute atomic E-state index is 10.5. The van der Waals surface area contributed by atoms with Crippen molar-refractivity contribution in [3.63, 3.8) is 0 Å². The number of halogens is 1. The van der Waals surface area contributed by atoms with Crippen LogP contribution in [0.25, 0.3) is 0 Å². The van der Waals surface area contributed by atoms with Gasteiger partial charge in [-0.05, 0) is 58.7 Å². The van der Waals surface area contributed by atoms with Crippen LogP contribution in [0.15, 0.2) is 18.2 Å². The summed E-state index contributed by atoms with van der Waals surface area (Å²) in [5, 5.41) is 11.1. The number of hydrogen-bond donors (Lipinski definition) is 2. The van der Waals surface area contributed by atoms with Gasteiger partial charge in [0.15, 0.2) is 0 Å². The fourth-order valence-corrected chi connectivity index (χ4v) is 2.42. The minimum Gasteiger partial charge on any atom is -0.465 e. The lowest BCUT2D eigenvalue weighted by molar-refractivity contribution is 0.190. The second kappa shape index (κ2) is 3.76. The Bertz CT molecular complexity index is 378. The number of fused-ring (bicyclic) bond motifs is 1. The SMILES string of the molecule is O=C(O)NC1Cc2ccc(I)cc2C1. The van der Waals surface area contributed by atoms with Gasteiger partial charge in [-0.15, -0.1) is 0 Å². The van der Waals surface area contributed by atoms with E-state index in [9.17, 15) is 4.79 Å². The third-order valence-electron chi connectivity index (χ3n) is 2.43. The largest absolute Gasteiger partial charge is 0.465 e. The van der Waals surface area contributed by atoms with Crippen LogP contribution in [0.3, 0.4) is 0 Å². The first-order valence-corrected chi connectivity index (χ1v) is 5.50. The Morgan fingerprint density at radius 3 is 2.86 bits per heavy atom. The Morgan fingerprint density at radius 2 is 2.14 bits per heavy atom. The van der Waals surface area contributed by atoms with Gasteiger partial charge in [-0.25, -0.2) is 4.79 Å². The van der Waals surface area contributed by atoms with Gasteiger partial charge in [0, 0.05) is 9.61 Å². The summed E-state index contributed by atoms with van der Waals surface area (Å²) in [6.07, 6.45) is 0.703. The van der Waals surface area contributed by atoms with E-state index >= 15 is 0 Å². The molecule has 1 aliphatic carbocycles. The molecule has 0 aromatic heterocycles. The second-order valence-corrected chi connectivity index (χ2v) is 4.71. The predicted octanol–water partition coefficient (Wildman–Crippen LogP) is 2.03. The highest BCUT2D eigenvalue weighted by Gasteiger charge is 2.22. The number of rotatable bonds is 1. The summed E-state index contributed by atoms with van der Waals surface area (Å²) < 4.78 is 1.21. The molecule has 0 fully saturated rings. The zero-order chi connectivity index (χ0) is 10.1. The zero-order valence-corrected chi connectivity index (χ0v) is 9.61. The molecule has 1 unspecified atom stereocenters. The van der Waals surface area contributed by atoms with Gasteiger partial charge in [-0.1, -0.05) is 6.07 Å². The molecule has 14 heavy (non-hydrogen) atoms. The Hall–Kier alpha value is -0.780. The van der Waals surface area contributed by atoms with E-state index in [0.717, 1.165) is 12.8 Å². The number of benzene rings is 1. The van der Waals surface area contributed by atoms with Gasteiger partial charge < -0.3 is 10.4 Å². The third-order valence-corrected chi connectivity index (χ3v) is 3.10. The van der Waals surface area contributed by atoms with Crippen molar-refractivity contribution in [3.8, 4) is 0 Å². The fourth-order valence-electron chi connectivity index (χ4n) is 1.86. The maximum Gasteiger partial charge on any atom is 0.404 e. The number of carbonyl (C=O) groups is 1. The zero-order valence-electron chi connectivity index (χ0n) is 7.46. The average molecular weight is 303 g/mol. The first-order valence-electron chi connectivity index (χ1n) is 4.42. The smallest absolute Gasteiger partial charge is 0.404 e. The molecule has 1 atom stereocenters. The summed E-state index contributed by atoms with van der Waals surface area (Å²) in [6.45, 7) is 0. The molecule has 1 amide bonds. The summed E-state index contributed by atoms with van der Waals surface area (Å²) >= 11 is 2.27. The molecule has 3 nitrogen and oxygen atoms in total.